The van der Waals surface area contributed by atoms with Crippen LogP contribution in [-0.4, -0.2) is 19.9 Å². The molecule has 1 heterocycles. The van der Waals surface area contributed by atoms with Crippen molar-refractivity contribution in [1.82, 2.24) is 9.71 Å². The fourth-order valence-corrected chi connectivity index (χ4v) is 4.19. The highest BCUT2D eigenvalue weighted by Crippen LogP contribution is 2.23. The smallest absolute Gasteiger partial charge is 0.240 e. The van der Waals surface area contributed by atoms with Crippen LogP contribution in [0.1, 0.15) is 29.0 Å². The molecule has 21 heavy (non-hydrogen) atoms. The Labute approximate surface area is 129 Å². The van der Waals surface area contributed by atoms with Crippen LogP contribution < -0.4 is 10.5 Å². The number of aromatic nitrogens is 1. The lowest BCUT2D eigenvalue weighted by Gasteiger charge is -2.14. The van der Waals surface area contributed by atoms with E-state index in [2.05, 4.69) is 9.71 Å². The zero-order valence-corrected chi connectivity index (χ0v) is 13.9. The second-order valence-corrected chi connectivity index (χ2v) is 7.76. The van der Waals surface area contributed by atoms with Gasteiger partial charge in [-0.2, -0.15) is 0 Å². The van der Waals surface area contributed by atoms with E-state index < -0.39 is 10.0 Å². The molecule has 0 radical (unpaired) electrons. The minimum Gasteiger partial charge on any atom is -0.398 e. The molecule has 2 aromatic rings. The Morgan fingerprint density at radius 3 is 2.71 bits per heavy atom. The largest absolute Gasteiger partial charge is 0.398 e. The van der Waals surface area contributed by atoms with E-state index in [0.717, 1.165) is 10.6 Å². The van der Waals surface area contributed by atoms with Crippen LogP contribution in [0.15, 0.2) is 28.6 Å². The van der Waals surface area contributed by atoms with Crippen molar-refractivity contribution in [2.45, 2.75) is 31.6 Å². The van der Waals surface area contributed by atoms with Gasteiger partial charge >= 0.3 is 0 Å². The first-order valence-electron chi connectivity index (χ1n) is 6.57. The van der Waals surface area contributed by atoms with E-state index >= 15 is 0 Å². The van der Waals surface area contributed by atoms with Gasteiger partial charge in [0.1, 0.15) is 0 Å². The number of nitrogen functional groups attached to an aromatic ring is 1. The number of sulfonamides is 1. The Morgan fingerprint density at radius 1 is 1.38 bits per heavy atom. The van der Waals surface area contributed by atoms with Crippen molar-refractivity contribution in [3.05, 3.63) is 39.8 Å². The summed E-state index contributed by atoms with van der Waals surface area (Å²) in [5.41, 5.74) is 7.74. The summed E-state index contributed by atoms with van der Waals surface area (Å²) in [6, 6.07) is 3.41. The van der Waals surface area contributed by atoms with E-state index in [1.807, 2.05) is 19.2 Å². The van der Waals surface area contributed by atoms with E-state index in [9.17, 15) is 8.42 Å². The molecule has 0 saturated heterocycles. The van der Waals surface area contributed by atoms with E-state index in [0.29, 0.717) is 17.8 Å². The molecule has 0 fully saturated rings. The Balaban J connectivity index is 2.19. The summed E-state index contributed by atoms with van der Waals surface area (Å²) in [5.74, 6) is 0.0298. The van der Waals surface area contributed by atoms with Crippen LogP contribution >= 0.6 is 11.3 Å². The van der Waals surface area contributed by atoms with Gasteiger partial charge in [0.2, 0.25) is 10.0 Å². The monoisotopic (exact) mass is 325 g/mol. The van der Waals surface area contributed by atoms with Gasteiger partial charge < -0.3 is 5.73 Å². The van der Waals surface area contributed by atoms with Gasteiger partial charge in [0, 0.05) is 29.7 Å². The molecule has 0 amide bonds. The SMILES string of the molecule is Cc1cc(N)c(C)c(S(=O)(=O)NCC(C)c2nccs2)c1. The van der Waals surface area contributed by atoms with Crippen molar-refractivity contribution in [2.75, 3.05) is 12.3 Å². The summed E-state index contributed by atoms with van der Waals surface area (Å²) in [6.45, 7) is 5.79. The third kappa shape index (κ3) is 3.61. The third-order valence-corrected chi connectivity index (χ3v) is 5.84. The maximum absolute atomic E-state index is 12.4. The first kappa shape index (κ1) is 15.9. The average molecular weight is 325 g/mol. The quantitative estimate of drug-likeness (QED) is 0.827. The lowest BCUT2D eigenvalue weighted by Crippen LogP contribution is -2.28. The molecule has 7 heteroatoms. The topological polar surface area (TPSA) is 85.1 Å². The highest BCUT2D eigenvalue weighted by atomic mass is 32.2. The molecule has 114 valence electrons. The van der Waals surface area contributed by atoms with Crippen LogP contribution in [0.2, 0.25) is 0 Å². The highest BCUT2D eigenvalue weighted by Gasteiger charge is 2.20. The van der Waals surface area contributed by atoms with Gasteiger partial charge in [0.15, 0.2) is 0 Å². The molecule has 2 rings (SSSR count). The van der Waals surface area contributed by atoms with E-state index in [-0.39, 0.29) is 10.8 Å². The number of hydrogen-bond donors (Lipinski definition) is 2. The predicted molar refractivity (Wildman–Crippen MR) is 86.0 cm³/mol. The van der Waals surface area contributed by atoms with Crippen LogP contribution in [0.3, 0.4) is 0 Å². The van der Waals surface area contributed by atoms with Crippen molar-refractivity contribution in [2.24, 2.45) is 0 Å². The van der Waals surface area contributed by atoms with Crippen molar-refractivity contribution in [3.63, 3.8) is 0 Å². The molecule has 0 aliphatic heterocycles. The molecule has 1 aromatic heterocycles. The molecule has 0 bridgehead atoms. The van der Waals surface area contributed by atoms with Crippen LogP contribution in [0.5, 0.6) is 0 Å². The van der Waals surface area contributed by atoms with Crippen LogP contribution in [0.4, 0.5) is 5.69 Å². The Morgan fingerprint density at radius 2 is 2.10 bits per heavy atom. The molecular weight excluding hydrogens is 306 g/mol. The summed E-state index contributed by atoms with van der Waals surface area (Å²) in [7, 11) is -3.58. The molecule has 3 N–H and O–H groups in total. The number of rotatable bonds is 5. The lowest BCUT2D eigenvalue weighted by atomic mass is 10.1. The lowest BCUT2D eigenvalue weighted by molar-refractivity contribution is 0.574. The Bertz CT molecular complexity index is 725. The predicted octanol–water partition coefficient (Wildman–Crippen LogP) is 2.42. The highest BCUT2D eigenvalue weighted by molar-refractivity contribution is 7.89. The first-order chi connectivity index (χ1) is 9.81. The molecule has 1 atom stereocenters. The number of anilines is 1. The van der Waals surface area contributed by atoms with Gasteiger partial charge in [0.05, 0.1) is 9.90 Å². The number of hydrogen-bond acceptors (Lipinski definition) is 5. The molecule has 1 unspecified atom stereocenters. The van der Waals surface area contributed by atoms with E-state index in [4.69, 9.17) is 5.73 Å². The molecule has 0 saturated carbocycles. The van der Waals surface area contributed by atoms with E-state index in [1.54, 1.807) is 25.3 Å². The number of nitrogens with two attached hydrogens (primary N) is 1. The summed E-state index contributed by atoms with van der Waals surface area (Å²) in [6.07, 6.45) is 1.72. The van der Waals surface area contributed by atoms with Crippen molar-refractivity contribution in [1.29, 1.82) is 0 Å². The first-order valence-corrected chi connectivity index (χ1v) is 8.93. The number of aryl methyl sites for hydroxylation is 1. The summed E-state index contributed by atoms with van der Waals surface area (Å²) >= 11 is 1.52. The Kier molecular flexibility index (Phi) is 4.65. The molecular formula is C14H19N3O2S2. The van der Waals surface area contributed by atoms with Gasteiger partial charge in [0.25, 0.3) is 0 Å². The summed E-state index contributed by atoms with van der Waals surface area (Å²) < 4.78 is 27.5. The molecule has 0 spiro atoms. The molecule has 1 aromatic carbocycles. The van der Waals surface area contributed by atoms with Crippen molar-refractivity contribution in [3.8, 4) is 0 Å². The maximum Gasteiger partial charge on any atom is 0.240 e. The van der Waals surface area contributed by atoms with Gasteiger partial charge in [-0.05, 0) is 37.1 Å². The van der Waals surface area contributed by atoms with Crippen LogP contribution in [-0.2, 0) is 10.0 Å². The number of thiazole rings is 1. The van der Waals surface area contributed by atoms with Crippen molar-refractivity contribution < 1.29 is 8.42 Å². The third-order valence-electron chi connectivity index (χ3n) is 3.29. The number of nitrogens with zero attached hydrogens (tertiary/aromatic N) is 1. The van der Waals surface area contributed by atoms with Gasteiger partial charge in [-0.15, -0.1) is 11.3 Å². The second kappa shape index (κ2) is 6.13. The van der Waals surface area contributed by atoms with Crippen LogP contribution in [0.25, 0.3) is 0 Å². The molecule has 0 aliphatic rings. The second-order valence-electron chi connectivity index (χ2n) is 5.10. The minimum atomic E-state index is -3.58. The average Bonchev–Trinajstić information content (AvgIpc) is 2.94. The fourth-order valence-electron chi connectivity index (χ4n) is 2.01. The standard InChI is InChI=1S/C14H19N3O2S2/c1-9-6-12(15)11(3)13(7-9)21(18,19)17-8-10(2)14-16-4-5-20-14/h4-7,10,17H,8,15H2,1-3H3. The fraction of sp³-hybridized carbons (Fsp3) is 0.357. The summed E-state index contributed by atoms with van der Waals surface area (Å²) in [4.78, 5) is 4.44. The zero-order valence-electron chi connectivity index (χ0n) is 12.3. The Hall–Kier alpha value is -1.44. The number of benzene rings is 1. The van der Waals surface area contributed by atoms with Crippen molar-refractivity contribution >= 4 is 27.0 Å². The maximum atomic E-state index is 12.4. The van der Waals surface area contributed by atoms with E-state index in [1.165, 1.54) is 11.3 Å². The molecule has 0 aliphatic carbocycles. The normalized spacial score (nSPS) is 13.3. The molecule has 5 nitrogen and oxygen atoms in total. The van der Waals surface area contributed by atoms with Gasteiger partial charge in [-0.3, -0.25) is 0 Å². The minimum absolute atomic E-state index is 0.0298. The van der Waals surface area contributed by atoms with Crippen LogP contribution in [0, 0.1) is 13.8 Å². The van der Waals surface area contributed by atoms with Gasteiger partial charge in [-0.1, -0.05) is 6.92 Å². The summed E-state index contributed by atoms with van der Waals surface area (Å²) in [5, 5.41) is 2.80. The van der Waals surface area contributed by atoms with Gasteiger partial charge in [-0.25, -0.2) is 18.1 Å². The number of nitrogens with one attached hydrogen (secondary N) is 1. The zero-order chi connectivity index (χ0) is 15.6.